The summed E-state index contributed by atoms with van der Waals surface area (Å²) < 4.78 is 13.8. The molecular formula is C61H54N2O2Si2. The molecule has 0 fully saturated rings. The fourth-order valence-electron chi connectivity index (χ4n) is 10.5. The summed E-state index contributed by atoms with van der Waals surface area (Å²) in [6.45, 7) is 19.1. The van der Waals surface area contributed by atoms with Crippen molar-refractivity contribution < 1.29 is 8.83 Å². The van der Waals surface area contributed by atoms with Crippen molar-refractivity contribution in [2.24, 2.45) is 0 Å². The van der Waals surface area contributed by atoms with Crippen molar-refractivity contribution in [1.29, 1.82) is 0 Å². The lowest BCUT2D eigenvalue weighted by Gasteiger charge is -2.32. The topological polar surface area (TPSA) is 32.8 Å². The third kappa shape index (κ3) is 6.68. The van der Waals surface area contributed by atoms with Crippen LogP contribution in [-0.4, -0.2) is 16.1 Å². The molecule has 6 heteroatoms. The fraction of sp³-hybridized carbons (Fsp3) is 0.148. The number of hydrogen-bond acceptors (Lipinski definition) is 4. The summed E-state index contributed by atoms with van der Waals surface area (Å²) in [7, 11) is -3.23. The Balaban J connectivity index is 1.24. The van der Waals surface area contributed by atoms with Crippen molar-refractivity contribution in [2.75, 3.05) is 9.80 Å². The molecule has 2 aromatic heterocycles. The molecule has 0 spiro atoms. The van der Waals surface area contributed by atoms with Crippen LogP contribution in [0, 0.1) is 0 Å². The molecule has 12 rings (SSSR count). The molecule has 0 N–H and O–H groups in total. The first-order valence-electron chi connectivity index (χ1n) is 23.7. The minimum absolute atomic E-state index is 0.394. The highest BCUT2D eigenvalue weighted by molar-refractivity contribution is 6.89. The maximum atomic E-state index is 6.92. The van der Waals surface area contributed by atoms with Gasteiger partial charge in [-0.15, -0.1) is 0 Å². The lowest BCUT2D eigenvalue weighted by molar-refractivity contribution is 0.669. The highest BCUT2D eigenvalue weighted by Gasteiger charge is 2.29. The molecular weight excluding hydrogens is 849 g/mol. The van der Waals surface area contributed by atoms with Gasteiger partial charge >= 0.3 is 0 Å². The van der Waals surface area contributed by atoms with E-state index in [1.54, 1.807) is 0 Å². The lowest BCUT2D eigenvalue weighted by atomic mass is 9.88. The van der Waals surface area contributed by atoms with E-state index in [0.717, 1.165) is 78.0 Å². The zero-order valence-electron chi connectivity index (χ0n) is 39.5. The van der Waals surface area contributed by atoms with Crippen LogP contribution in [0.4, 0.5) is 34.1 Å². The molecule has 0 saturated heterocycles. The number of para-hydroxylation sites is 4. The van der Waals surface area contributed by atoms with Crippen molar-refractivity contribution in [3.8, 4) is 0 Å². The maximum absolute atomic E-state index is 6.92. The first-order chi connectivity index (χ1) is 32.3. The zero-order chi connectivity index (χ0) is 45.9. The molecule has 0 bridgehead atoms. The molecule has 328 valence electrons. The van der Waals surface area contributed by atoms with Crippen LogP contribution in [0.15, 0.2) is 185 Å². The van der Waals surface area contributed by atoms with E-state index >= 15 is 0 Å². The molecule has 0 unspecified atom stereocenters. The van der Waals surface area contributed by atoms with Gasteiger partial charge in [-0.3, -0.25) is 0 Å². The van der Waals surface area contributed by atoms with E-state index in [2.05, 4.69) is 239 Å². The Morgan fingerprint density at radius 1 is 0.373 bits per heavy atom. The van der Waals surface area contributed by atoms with E-state index < -0.39 is 16.1 Å². The summed E-state index contributed by atoms with van der Waals surface area (Å²) in [6.07, 6.45) is 0. The van der Waals surface area contributed by atoms with Crippen LogP contribution in [0.2, 0.25) is 39.3 Å². The predicted octanol–water partition coefficient (Wildman–Crippen LogP) is 17.5. The summed E-state index contributed by atoms with van der Waals surface area (Å²) in [5.74, 6) is 0.394. The van der Waals surface area contributed by atoms with Gasteiger partial charge in [-0.2, -0.15) is 0 Å². The normalized spacial score (nSPS) is 12.6. The van der Waals surface area contributed by atoms with Gasteiger partial charge in [-0.05, 0) is 82.2 Å². The first kappa shape index (κ1) is 41.3. The molecule has 12 aromatic rings. The molecule has 4 nitrogen and oxygen atoms in total. The van der Waals surface area contributed by atoms with Crippen LogP contribution in [0.3, 0.4) is 0 Å². The van der Waals surface area contributed by atoms with Crippen molar-refractivity contribution in [3.63, 3.8) is 0 Å². The molecule has 2 heterocycles. The Kier molecular flexibility index (Phi) is 9.38. The standard InChI is InChI=1S/C61H54N2O2Si2/c1-38(2)41-35-39-23-33-50-54(62(42-25-29-44(30-26-42)66(3,4)5)52-19-13-17-48-46-15-9-11-21-56(46)64-60(48)52)37-55(51-34-24-40(36-41)58(39)59(50)51)63(43-27-31-45(32-28-43)67(6,7)8)53-20-14-18-49-47-16-10-12-22-57(47)65-61(49)53/h9-38H,1-8H3. The Morgan fingerprint density at radius 2 is 0.791 bits per heavy atom. The van der Waals surface area contributed by atoms with E-state index in [-0.39, 0.29) is 0 Å². The second-order valence-corrected chi connectivity index (χ2v) is 30.9. The third-order valence-corrected chi connectivity index (χ3v) is 18.2. The molecule has 67 heavy (non-hydrogen) atoms. The number of benzene rings is 10. The number of fused-ring (bicyclic) bond motifs is 6. The van der Waals surface area contributed by atoms with Gasteiger partial charge in [0.05, 0.1) is 38.9 Å². The van der Waals surface area contributed by atoms with Crippen LogP contribution >= 0.6 is 0 Å². The number of nitrogens with zero attached hydrogens (tertiary/aromatic N) is 2. The van der Waals surface area contributed by atoms with Gasteiger partial charge in [-0.1, -0.05) is 185 Å². The quantitative estimate of drug-likeness (QED) is 0.107. The Morgan fingerprint density at radius 3 is 1.21 bits per heavy atom. The van der Waals surface area contributed by atoms with Gasteiger partial charge in [0.1, 0.15) is 11.2 Å². The van der Waals surface area contributed by atoms with E-state index in [1.165, 1.54) is 48.3 Å². The van der Waals surface area contributed by atoms with Crippen molar-refractivity contribution >= 4 is 137 Å². The molecule has 10 aromatic carbocycles. The summed E-state index contributed by atoms with van der Waals surface area (Å²) in [5.41, 5.74) is 11.1. The number of anilines is 6. The number of rotatable bonds is 9. The van der Waals surface area contributed by atoms with Crippen molar-refractivity contribution in [1.82, 2.24) is 0 Å². The van der Waals surface area contributed by atoms with Crippen LogP contribution in [0.25, 0.3) is 76.2 Å². The van der Waals surface area contributed by atoms with Gasteiger partial charge in [0.25, 0.3) is 0 Å². The van der Waals surface area contributed by atoms with Gasteiger partial charge in [0, 0.05) is 49.1 Å². The second kappa shape index (κ2) is 15.2. The SMILES string of the molecule is CC(C)c1cc2ccc3c(N(c4ccc([Si](C)(C)C)cc4)c4cccc5c4oc4ccccc45)cc(N(c4ccc([Si](C)(C)C)cc4)c4cccc5c4oc4ccccc45)c4ccc(c1)c2c34. The van der Waals surface area contributed by atoms with Crippen LogP contribution in [-0.2, 0) is 0 Å². The Bertz CT molecular complexity index is 3630. The smallest absolute Gasteiger partial charge is 0.159 e. The lowest BCUT2D eigenvalue weighted by Crippen LogP contribution is -2.37. The Labute approximate surface area is 394 Å². The number of hydrogen-bond donors (Lipinski definition) is 0. The minimum atomic E-state index is -1.62. The molecule has 0 atom stereocenters. The second-order valence-electron chi connectivity index (χ2n) is 20.8. The Hall–Kier alpha value is -7.13. The largest absolute Gasteiger partial charge is 0.454 e. The van der Waals surface area contributed by atoms with E-state index in [1.807, 2.05) is 0 Å². The summed E-state index contributed by atoms with van der Waals surface area (Å²) in [4.78, 5) is 4.92. The van der Waals surface area contributed by atoms with Crippen LogP contribution in [0.5, 0.6) is 0 Å². The zero-order valence-corrected chi connectivity index (χ0v) is 41.5. The van der Waals surface area contributed by atoms with Gasteiger partial charge in [-0.25, -0.2) is 0 Å². The summed E-state index contributed by atoms with van der Waals surface area (Å²) >= 11 is 0. The molecule has 0 saturated carbocycles. The van der Waals surface area contributed by atoms with Crippen LogP contribution < -0.4 is 20.2 Å². The van der Waals surface area contributed by atoms with Crippen molar-refractivity contribution in [2.45, 2.75) is 59.0 Å². The monoisotopic (exact) mass is 902 g/mol. The molecule has 0 radical (unpaired) electrons. The average molecular weight is 903 g/mol. The maximum Gasteiger partial charge on any atom is 0.159 e. The summed E-state index contributed by atoms with van der Waals surface area (Å²) in [5, 5.41) is 14.6. The molecule has 0 aliphatic heterocycles. The van der Waals surface area contributed by atoms with Crippen LogP contribution in [0.1, 0.15) is 25.3 Å². The molecule has 0 aliphatic carbocycles. The predicted molar refractivity (Wildman–Crippen MR) is 294 cm³/mol. The average Bonchev–Trinajstić information content (AvgIpc) is 3.91. The third-order valence-electron chi connectivity index (χ3n) is 14.1. The fourth-order valence-corrected chi connectivity index (χ4v) is 12.8. The molecule has 0 aliphatic rings. The van der Waals surface area contributed by atoms with Gasteiger partial charge in [0.15, 0.2) is 11.2 Å². The highest BCUT2D eigenvalue weighted by atomic mass is 28.3. The van der Waals surface area contributed by atoms with E-state index in [4.69, 9.17) is 8.83 Å². The summed E-state index contributed by atoms with van der Waals surface area (Å²) in [6, 6.07) is 65.4. The first-order valence-corrected chi connectivity index (χ1v) is 30.7. The van der Waals surface area contributed by atoms with Crippen molar-refractivity contribution in [3.05, 3.63) is 181 Å². The van der Waals surface area contributed by atoms with Gasteiger partial charge < -0.3 is 18.6 Å². The van der Waals surface area contributed by atoms with E-state index in [9.17, 15) is 0 Å². The van der Waals surface area contributed by atoms with E-state index in [0.29, 0.717) is 5.92 Å². The highest BCUT2D eigenvalue weighted by Crippen LogP contribution is 2.53. The number of furan rings is 2. The van der Waals surface area contributed by atoms with Gasteiger partial charge in [0.2, 0.25) is 0 Å². The molecule has 0 amide bonds. The minimum Gasteiger partial charge on any atom is -0.454 e.